The molecular formula is C8H13N3S. The molecule has 0 atom stereocenters. The van der Waals surface area contributed by atoms with Gasteiger partial charge in [0.25, 0.3) is 0 Å². The number of nitrogens with one attached hydrogen (secondary N) is 1. The van der Waals surface area contributed by atoms with Crippen molar-refractivity contribution in [3.05, 3.63) is 17.3 Å². The third-order valence-electron chi connectivity index (χ3n) is 1.60. The highest BCUT2D eigenvalue weighted by molar-refractivity contribution is 7.80. The Balaban J connectivity index is 2.73. The number of aryl methyl sites for hydroxylation is 1. The molecule has 66 valence electrons. The second-order valence-electron chi connectivity index (χ2n) is 2.56. The number of nitrogen functional groups attached to an aromatic ring is 1. The fraction of sp³-hybridized carbons (Fsp3) is 0.375. The van der Waals surface area contributed by atoms with E-state index in [1.807, 2.05) is 19.1 Å². The maximum Gasteiger partial charge on any atom is 0.152 e. The summed E-state index contributed by atoms with van der Waals surface area (Å²) in [7, 11) is 0. The number of anilines is 1. The summed E-state index contributed by atoms with van der Waals surface area (Å²) in [5.41, 5.74) is 7.60. The predicted octanol–water partition coefficient (Wildman–Crippen LogP) is 1.63. The van der Waals surface area contributed by atoms with E-state index >= 15 is 0 Å². The number of hydrogen-bond acceptors (Lipinski definition) is 3. The molecule has 3 N–H and O–H groups in total. The van der Waals surface area contributed by atoms with Gasteiger partial charge in [-0.3, -0.25) is 5.10 Å². The van der Waals surface area contributed by atoms with Crippen molar-refractivity contribution in [2.75, 3.05) is 11.5 Å². The smallest absolute Gasteiger partial charge is 0.152 e. The average molecular weight is 183 g/mol. The van der Waals surface area contributed by atoms with Crippen LogP contribution in [-0.4, -0.2) is 16.0 Å². The van der Waals surface area contributed by atoms with E-state index in [1.54, 1.807) is 0 Å². The molecule has 0 aromatic carbocycles. The van der Waals surface area contributed by atoms with E-state index in [-0.39, 0.29) is 0 Å². The molecule has 0 aliphatic carbocycles. The van der Waals surface area contributed by atoms with Crippen molar-refractivity contribution in [2.24, 2.45) is 0 Å². The van der Waals surface area contributed by atoms with Crippen LogP contribution in [0.25, 0.3) is 6.08 Å². The SMILES string of the molecule is Cc1[nH]nc(N)c1C=CCCS. The van der Waals surface area contributed by atoms with Gasteiger partial charge >= 0.3 is 0 Å². The van der Waals surface area contributed by atoms with Crippen molar-refractivity contribution in [1.82, 2.24) is 10.2 Å². The number of nitrogens with two attached hydrogens (primary N) is 1. The first-order chi connectivity index (χ1) is 5.75. The molecule has 0 fully saturated rings. The Hall–Kier alpha value is -0.900. The van der Waals surface area contributed by atoms with Crippen LogP contribution in [0.5, 0.6) is 0 Å². The molecule has 0 aliphatic heterocycles. The summed E-state index contributed by atoms with van der Waals surface area (Å²) in [5, 5.41) is 6.70. The quantitative estimate of drug-likeness (QED) is 0.624. The van der Waals surface area contributed by atoms with Crippen LogP contribution in [-0.2, 0) is 0 Å². The minimum atomic E-state index is 0.558. The van der Waals surface area contributed by atoms with Crippen LogP contribution < -0.4 is 5.73 Å². The van der Waals surface area contributed by atoms with Gasteiger partial charge in [-0.25, -0.2) is 0 Å². The van der Waals surface area contributed by atoms with Gasteiger partial charge < -0.3 is 5.73 Å². The Morgan fingerprint density at radius 3 is 2.92 bits per heavy atom. The second-order valence-corrected chi connectivity index (χ2v) is 3.01. The first kappa shape index (κ1) is 9.19. The van der Waals surface area contributed by atoms with Crippen LogP contribution in [0.1, 0.15) is 17.7 Å². The number of hydrogen-bond donors (Lipinski definition) is 3. The van der Waals surface area contributed by atoms with Crippen LogP contribution >= 0.6 is 12.6 Å². The van der Waals surface area contributed by atoms with Crippen molar-refractivity contribution < 1.29 is 0 Å². The van der Waals surface area contributed by atoms with E-state index in [0.717, 1.165) is 23.4 Å². The summed E-state index contributed by atoms with van der Waals surface area (Å²) in [5.74, 6) is 1.41. The fourth-order valence-electron chi connectivity index (χ4n) is 0.943. The van der Waals surface area contributed by atoms with Crippen molar-refractivity contribution in [2.45, 2.75) is 13.3 Å². The molecule has 0 amide bonds. The first-order valence-electron chi connectivity index (χ1n) is 3.83. The van der Waals surface area contributed by atoms with Crippen LogP contribution in [0.2, 0.25) is 0 Å². The lowest BCUT2D eigenvalue weighted by Crippen LogP contribution is -1.86. The minimum Gasteiger partial charge on any atom is -0.382 e. The summed E-state index contributed by atoms with van der Waals surface area (Å²) < 4.78 is 0. The van der Waals surface area contributed by atoms with Crippen LogP contribution in [0.3, 0.4) is 0 Å². The molecule has 0 aliphatic rings. The lowest BCUT2D eigenvalue weighted by Gasteiger charge is -1.90. The Bertz CT molecular complexity index is 258. The van der Waals surface area contributed by atoms with E-state index in [0.29, 0.717) is 5.82 Å². The molecule has 0 bridgehead atoms. The molecule has 0 spiro atoms. The monoisotopic (exact) mass is 183 g/mol. The Morgan fingerprint density at radius 2 is 2.42 bits per heavy atom. The number of aromatic amines is 1. The number of rotatable bonds is 3. The Labute approximate surface area is 77.5 Å². The highest BCUT2D eigenvalue weighted by atomic mass is 32.1. The normalized spacial score (nSPS) is 11.2. The summed E-state index contributed by atoms with van der Waals surface area (Å²) in [6.07, 6.45) is 4.97. The third kappa shape index (κ3) is 2.04. The summed E-state index contributed by atoms with van der Waals surface area (Å²) in [6.45, 7) is 1.95. The predicted molar refractivity (Wildman–Crippen MR) is 55.2 cm³/mol. The number of aromatic nitrogens is 2. The van der Waals surface area contributed by atoms with Gasteiger partial charge in [0.05, 0.1) is 0 Å². The molecule has 12 heavy (non-hydrogen) atoms. The zero-order valence-corrected chi connectivity index (χ0v) is 7.94. The summed E-state index contributed by atoms with van der Waals surface area (Å²) in [6, 6.07) is 0. The molecule has 1 heterocycles. The molecule has 1 aromatic heterocycles. The van der Waals surface area contributed by atoms with Crippen LogP contribution in [0, 0.1) is 6.92 Å². The lowest BCUT2D eigenvalue weighted by molar-refractivity contribution is 1.05. The first-order valence-corrected chi connectivity index (χ1v) is 4.46. The summed E-state index contributed by atoms with van der Waals surface area (Å²) in [4.78, 5) is 0. The molecule has 0 saturated carbocycles. The van der Waals surface area contributed by atoms with Gasteiger partial charge in [0.15, 0.2) is 5.82 Å². The molecule has 4 heteroatoms. The van der Waals surface area contributed by atoms with Gasteiger partial charge in [-0.05, 0) is 19.1 Å². The van der Waals surface area contributed by atoms with Gasteiger partial charge in [0.1, 0.15) is 0 Å². The van der Waals surface area contributed by atoms with Crippen molar-refractivity contribution in [3.63, 3.8) is 0 Å². The van der Waals surface area contributed by atoms with E-state index in [1.165, 1.54) is 0 Å². The standard InChI is InChI=1S/C8H13N3S/c1-6-7(4-2-3-5-12)8(9)11-10-6/h2,4,12H,3,5H2,1H3,(H3,9,10,11). The molecular weight excluding hydrogens is 170 g/mol. The van der Waals surface area contributed by atoms with Gasteiger partial charge in [-0.2, -0.15) is 17.7 Å². The number of H-pyrrole nitrogens is 1. The molecule has 3 nitrogen and oxygen atoms in total. The van der Waals surface area contributed by atoms with Gasteiger partial charge in [0.2, 0.25) is 0 Å². The topological polar surface area (TPSA) is 54.7 Å². The van der Waals surface area contributed by atoms with Crippen LogP contribution in [0.15, 0.2) is 6.08 Å². The Kier molecular flexibility index (Phi) is 3.22. The summed E-state index contributed by atoms with van der Waals surface area (Å²) >= 11 is 4.10. The lowest BCUT2D eigenvalue weighted by atomic mass is 10.2. The fourth-order valence-corrected chi connectivity index (χ4v) is 1.09. The molecule has 0 unspecified atom stereocenters. The zero-order valence-electron chi connectivity index (χ0n) is 7.04. The number of thiol groups is 1. The van der Waals surface area contributed by atoms with E-state index < -0.39 is 0 Å². The van der Waals surface area contributed by atoms with Gasteiger partial charge in [-0.15, -0.1) is 0 Å². The number of nitrogens with zero attached hydrogens (tertiary/aromatic N) is 1. The van der Waals surface area contributed by atoms with E-state index in [9.17, 15) is 0 Å². The third-order valence-corrected chi connectivity index (χ3v) is 1.86. The van der Waals surface area contributed by atoms with Crippen LogP contribution in [0.4, 0.5) is 5.82 Å². The molecule has 0 saturated heterocycles. The molecule has 1 rings (SSSR count). The molecule has 1 aromatic rings. The maximum atomic E-state index is 5.61. The van der Waals surface area contributed by atoms with Gasteiger partial charge in [0, 0.05) is 11.3 Å². The van der Waals surface area contributed by atoms with E-state index in [2.05, 4.69) is 22.8 Å². The van der Waals surface area contributed by atoms with Crippen molar-refractivity contribution in [1.29, 1.82) is 0 Å². The van der Waals surface area contributed by atoms with Crippen molar-refractivity contribution >= 4 is 24.5 Å². The highest BCUT2D eigenvalue weighted by Crippen LogP contribution is 2.14. The van der Waals surface area contributed by atoms with Crippen molar-refractivity contribution in [3.8, 4) is 0 Å². The van der Waals surface area contributed by atoms with E-state index in [4.69, 9.17) is 5.73 Å². The average Bonchev–Trinajstić information content (AvgIpc) is 2.35. The maximum absolute atomic E-state index is 5.61. The van der Waals surface area contributed by atoms with Gasteiger partial charge in [-0.1, -0.05) is 12.2 Å². The highest BCUT2D eigenvalue weighted by Gasteiger charge is 2.01. The second kappa shape index (κ2) is 4.21. The molecule has 0 radical (unpaired) electrons. The largest absolute Gasteiger partial charge is 0.382 e. The number of allylic oxidation sites excluding steroid dienone is 1. The minimum absolute atomic E-state index is 0.558. The zero-order chi connectivity index (χ0) is 8.97. The Morgan fingerprint density at radius 1 is 1.67 bits per heavy atom.